The van der Waals surface area contributed by atoms with E-state index in [9.17, 15) is 18.0 Å². The maximum absolute atomic E-state index is 12.9. The molecule has 1 aliphatic rings. The van der Waals surface area contributed by atoms with E-state index in [4.69, 9.17) is 11.6 Å². The first-order chi connectivity index (χ1) is 10.9. The maximum atomic E-state index is 12.9. The van der Waals surface area contributed by atoms with Crippen molar-refractivity contribution in [1.82, 2.24) is 9.78 Å². The van der Waals surface area contributed by atoms with Gasteiger partial charge < -0.3 is 0 Å². The Kier molecular flexibility index (Phi) is 3.85. The topological polar surface area (TPSA) is 34.9 Å². The molecule has 3 nitrogen and oxygen atoms in total. The summed E-state index contributed by atoms with van der Waals surface area (Å²) in [5, 5.41) is 3.90. The Labute approximate surface area is 134 Å². The Balaban J connectivity index is 2.08. The third-order valence-corrected chi connectivity index (χ3v) is 3.64. The van der Waals surface area contributed by atoms with Crippen LogP contribution in [-0.4, -0.2) is 15.7 Å². The van der Waals surface area contributed by atoms with Crippen molar-refractivity contribution < 1.29 is 18.0 Å². The second kappa shape index (κ2) is 5.70. The molecule has 2 aromatic rings. The number of aromatic nitrogens is 2. The van der Waals surface area contributed by atoms with Crippen LogP contribution in [0.3, 0.4) is 0 Å². The van der Waals surface area contributed by atoms with Crippen molar-refractivity contribution in [3.63, 3.8) is 0 Å². The Morgan fingerprint density at radius 2 is 1.91 bits per heavy atom. The van der Waals surface area contributed by atoms with E-state index >= 15 is 0 Å². The number of nitrogens with zero attached hydrogens (tertiary/aromatic N) is 2. The number of carbonyl (C=O) groups excluding carboxylic acids is 1. The minimum absolute atomic E-state index is 0.141. The molecule has 0 fully saturated rings. The highest BCUT2D eigenvalue weighted by Crippen LogP contribution is 2.32. The average molecular weight is 339 g/mol. The predicted octanol–water partition coefficient (Wildman–Crippen LogP) is 4.59. The predicted molar refractivity (Wildman–Crippen MR) is 80.1 cm³/mol. The molecule has 0 bridgehead atoms. The number of hydrogen-bond donors (Lipinski definition) is 0. The van der Waals surface area contributed by atoms with Gasteiger partial charge in [0.05, 0.1) is 5.69 Å². The van der Waals surface area contributed by atoms with Gasteiger partial charge in [-0.1, -0.05) is 29.8 Å². The van der Waals surface area contributed by atoms with Gasteiger partial charge in [-0.05, 0) is 42.3 Å². The molecule has 0 radical (unpaired) electrons. The number of halogens is 4. The normalized spacial score (nSPS) is 14.2. The molecule has 0 spiro atoms. The first-order valence-corrected chi connectivity index (χ1v) is 7.07. The van der Waals surface area contributed by atoms with Crippen LogP contribution in [0.1, 0.15) is 28.2 Å². The van der Waals surface area contributed by atoms with Gasteiger partial charge in [-0.25, -0.2) is 0 Å². The van der Waals surface area contributed by atoms with Crippen molar-refractivity contribution in [3.8, 4) is 0 Å². The highest BCUT2D eigenvalue weighted by molar-refractivity contribution is 6.30. The van der Waals surface area contributed by atoms with E-state index in [-0.39, 0.29) is 11.3 Å². The van der Waals surface area contributed by atoms with Gasteiger partial charge in [-0.2, -0.15) is 23.0 Å². The van der Waals surface area contributed by atoms with Crippen LogP contribution in [0.2, 0.25) is 5.02 Å². The zero-order valence-electron chi connectivity index (χ0n) is 11.6. The molecule has 0 saturated heterocycles. The van der Waals surface area contributed by atoms with E-state index in [0.29, 0.717) is 17.0 Å². The molecule has 1 aromatic heterocycles. The lowest BCUT2D eigenvalue weighted by Crippen LogP contribution is -2.17. The number of allylic oxidation sites excluding steroid dienone is 4. The Hall–Kier alpha value is -2.34. The van der Waals surface area contributed by atoms with Crippen molar-refractivity contribution in [2.24, 2.45) is 0 Å². The Morgan fingerprint density at radius 3 is 2.48 bits per heavy atom. The zero-order valence-corrected chi connectivity index (χ0v) is 12.4. The van der Waals surface area contributed by atoms with Crippen LogP contribution in [0.15, 0.2) is 48.6 Å². The maximum Gasteiger partial charge on any atom is 0.435 e. The van der Waals surface area contributed by atoms with E-state index < -0.39 is 17.8 Å². The number of rotatable bonds is 2. The van der Waals surface area contributed by atoms with Crippen LogP contribution >= 0.6 is 11.6 Å². The first kappa shape index (κ1) is 15.6. The monoisotopic (exact) mass is 338 g/mol. The fourth-order valence-electron chi connectivity index (χ4n) is 2.26. The molecule has 0 amide bonds. The average Bonchev–Trinajstić information content (AvgIpc) is 3.15. The molecule has 0 N–H and O–H groups in total. The third kappa shape index (κ3) is 3.07. The molecule has 1 aliphatic carbocycles. The molecule has 3 rings (SSSR count). The SMILES string of the molecule is O=C(c1ccc(Cl)cc1)n1nc(C(F)(F)F)cc1C1=CC=CC1. The summed E-state index contributed by atoms with van der Waals surface area (Å²) in [4.78, 5) is 12.5. The van der Waals surface area contributed by atoms with Gasteiger partial charge in [-0.3, -0.25) is 4.79 Å². The van der Waals surface area contributed by atoms with E-state index in [1.54, 1.807) is 18.2 Å². The molecular formula is C16H10ClF3N2O. The fourth-order valence-corrected chi connectivity index (χ4v) is 2.38. The number of benzene rings is 1. The summed E-state index contributed by atoms with van der Waals surface area (Å²) >= 11 is 5.76. The quantitative estimate of drug-likeness (QED) is 0.803. The zero-order chi connectivity index (χ0) is 16.6. The largest absolute Gasteiger partial charge is 0.435 e. The Bertz CT molecular complexity index is 817. The van der Waals surface area contributed by atoms with Gasteiger partial charge in [0.25, 0.3) is 5.91 Å². The number of alkyl halides is 3. The molecule has 23 heavy (non-hydrogen) atoms. The molecular weight excluding hydrogens is 329 g/mol. The summed E-state index contributed by atoms with van der Waals surface area (Å²) in [6.07, 6.45) is 1.03. The second-order valence-corrected chi connectivity index (χ2v) is 5.40. The second-order valence-electron chi connectivity index (χ2n) is 4.96. The lowest BCUT2D eigenvalue weighted by molar-refractivity contribution is -0.141. The van der Waals surface area contributed by atoms with Crippen molar-refractivity contribution in [3.05, 3.63) is 70.5 Å². The van der Waals surface area contributed by atoms with Crippen molar-refractivity contribution in [2.75, 3.05) is 0 Å². The van der Waals surface area contributed by atoms with E-state index in [1.165, 1.54) is 24.3 Å². The van der Waals surface area contributed by atoms with Gasteiger partial charge in [-0.15, -0.1) is 0 Å². The number of hydrogen-bond acceptors (Lipinski definition) is 2. The summed E-state index contributed by atoms with van der Waals surface area (Å²) in [5.41, 5.74) is -0.140. The lowest BCUT2D eigenvalue weighted by Gasteiger charge is -2.07. The third-order valence-electron chi connectivity index (χ3n) is 3.38. The van der Waals surface area contributed by atoms with Gasteiger partial charge in [0.1, 0.15) is 0 Å². The molecule has 118 valence electrons. The van der Waals surface area contributed by atoms with Gasteiger partial charge >= 0.3 is 6.18 Å². The van der Waals surface area contributed by atoms with E-state index in [2.05, 4.69) is 5.10 Å². The van der Waals surface area contributed by atoms with E-state index in [0.717, 1.165) is 10.7 Å². The van der Waals surface area contributed by atoms with Crippen molar-refractivity contribution >= 4 is 23.1 Å². The Morgan fingerprint density at radius 1 is 1.22 bits per heavy atom. The van der Waals surface area contributed by atoms with Crippen LogP contribution in [-0.2, 0) is 6.18 Å². The van der Waals surface area contributed by atoms with Crippen LogP contribution in [0.4, 0.5) is 13.2 Å². The van der Waals surface area contributed by atoms with Crippen LogP contribution in [0, 0.1) is 0 Å². The minimum Gasteiger partial charge on any atom is -0.267 e. The van der Waals surface area contributed by atoms with Crippen molar-refractivity contribution in [2.45, 2.75) is 12.6 Å². The lowest BCUT2D eigenvalue weighted by atomic mass is 10.1. The van der Waals surface area contributed by atoms with Crippen LogP contribution in [0.5, 0.6) is 0 Å². The van der Waals surface area contributed by atoms with Gasteiger partial charge in [0.2, 0.25) is 0 Å². The highest BCUT2D eigenvalue weighted by atomic mass is 35.5. The molecule has 1 aromatic carbocycles. The molecule has 0 atom stereocenters. The standard InChI is InChI=1S/C16H10ClF3N2O/c17-12-7-5-11(6-8-12)15(23)22-13(10-3-1-2-4-10)9-14(21-22)16(18,19)20/h1-3,5-9H,4H2. The molecule has 1 heterocycles. The summed E-state index contributed by atoms with van der Waals surface area (Å²) in [5.74, 6) is -0.639. The fraction of sp³-hybridized carbons (Fsp3) is 0.125. The molecule has 0 aliphatic heterocycles. The molecule has 0 unspecified atom stereocenters. The highest BCUT2D eigenvalue weighted by Gasteiger charge is 2.36. The summed E-state index contributed by atoms with van der Waals surface area (Å²) in [6.45, 7) is 0. The van der Waals surface area contributed by atoms with Crippen LogP contribution in [0.25, 0.3) is 5.57 Å². The molecule has 0 saturated carbocycles. The van der Waals surface area contributed by atoms with Gasteiger partial charge in [0.15, 0.2) is 5.69 Å². The van der Waals surface area contributed by atoms with Crippen LogP contribution < -0.4 is 0 Å². The van der Waals surface area contributed by atoms with Gasteiger partial charge in [0, 0.05) is 10.6 Å². The number of carbonyl (C=O) groups is 1. The summed E-state index contributed by atoms with van der Waals surface area (Å²) in [6, 6.07) is 6.79. The first-order valence-electron chi connectivity index (χ1n) is 6.70. The van der Waals surface area contributed by atoms with Crippen molar-refractivity contribution in [1.29, 1.82) is 0 Å². The van der Waals surface area contributed by atoms with E-state index in [1.807, 2.05) is 0 Å². The smallest absolute Gasteiger partial charge is 0.267 e. The molecule has 7 heteroatoms. The summed E-state index contributed by atoms with van der Waals surface area (Å²) < 4.78 is 39.6. The summed E-state index contributed by atoms with van der Waals surface area (Å²) in [7, 11) is 0. The minimum atomic E-state index is -4.62.